The highest BCUT2D eigenvalue weighted by Gasteiger charge is 2.17. The van der Waals surface area contributed by atoms with Crippen LogP contribution in [0.2, 0.25) is 0 Å². The zero-order chi connectivity index (χ0) is 13.0. The third kappa shape index (κ3) is 3.10. The number of carboxylic acid groups (broad SMARTS) is 1. The van der Waals surface area contributed by atoms with Gasteiger partial charge in [-0.15, -0.1) is 0 Å². The van der Waals surface area contributed by atoms with Crippen molar-refractivity contribution in [3.8, 4) is 11.5 Å². The van der Waals surface area contributed by atoms with Crippen LogP contribution < -0.4 is 0 Å². The van der Waals surface area contributed by atoms with Gasteiger partial charge in [0, 0.05) is 12.2 Å². The number of aliphatic hydroxyl groups excluding tert-OH is 1. The van der Waals surface area contributed by atoms with E-state index in [0.29, 0.717) is 18.4 Å². The van der Waals surface area contributed by atoms with Crippen LogP contribution in [0.15, 0.2) is 12.1 Å². The zero-order valence-electron chi connectivity index (χ0n) is 9.55. The van der Waals surface area contributed by atoms with Crippen molar-refractivity contribution in [1.29, 1.82) is 0 Å². The highest BCUT2D eigenvalue weighted by atomic mass is 16.4. The summed E-state index contributed by atoms with van der Waals surface area (Å²) in [7, 11) is 0. The van der Waals surface area contributed by atoms with Gasteiger partial charge in [0.2, 0.25) is 0 Å². The maximum absolute atomic E-state index is 10.7. The minimum atomic E-state index is -1.28. The number of rotatable bonds is 5. The van der Waals surface area contributed by atoms with E-state index in [2.05, 4.69) is 0 Å². The van der Waals surface area contributed by atoms with Crippen molar-refractivity contribution < 1.29 is 25.2 Å². The molecule has 1 aromatic rings. The molecule has 0 aromatic heterocycles. The van der Waals surface area contributed by atoms with E-state index in [1.54, 1.807) is 0 Å². The molecule has 1 atom stereocenters. The van der Waals surface area contributed by atoms with E-state index in [4.69, 9.17) is 10.2 Å². The van der Waals surface area contributed by atoms with Gasteiger partial charge >= 0.3 is 5.97 Å². The maximum atomic E-state index is 10.7. The van der Waals surface area contributed by atoms with Gasteiger partial charge in [-0.2, -0.15) is 0 Å². The monoisotopic (exact) mass is 240 g/mol. The van der Waals surface area contributed by atoms with Gasteiger partial charge in [-0.25, -0.2) is 4.79 Å². The summed E-state index contributed by atoms with van der Waals surface area (Å²) < 4.78 is 0. The SMILES string of the molecule is CC(CCCO)c1cc(O)c(C(=O)O)cc1O. The van der Waals surface area contributed by atoms with E-state index in [1.807, 2.05) is 6.92 Å². The van der Waals surface area contributed by atoms with Gasteiger partial charge in [-0.05, 0) is 30.9 Å². The number of aromatic hydroxyl groups is 2. The molecule has 0 saturated carbocycles. The van der Waals surface area contributed by atoms with Gasteiger partial charge < -0.3 is 20.4 Å². The second kappa shape index (κ2) is 5.54. The lowest BCUT2D eigenvalue weighted by Gasteiger charge is -2.14. The molecule has 0 saturated heterocycles. The fourth-order valence-corrected chi connectivity index (χ4v) is 1.71. The largest absolute Gasteiger partial charge is 0.508 e. The average Bonchev–Trinajstić information content (AvgIpc) is 2.28. The molecule has 5 nitrogen and oxygen atoms in total. The number of carbonyl (C=O) groups is 1. The lowest BCUT2D eigenvalue weighted by Crippen LogP contribution is -2.01. The fourth-order valence-electron chi connectivity index (χ4n) is 1.71. The summed E-state index contributed by atoms with van der Waals surface area (Å²) in [6.07, 6.45) is 1.23. The first-order valence-electron chi connectivity index (χ1n) is 5.37. The molecule has 17 heavy (non-hydrogen) atoms. The molecule has 1 aromatic carbocycles. The summed E-state index contributed by atoms with van der Waals surface area (Å²) in [6, 6.07) is 2.31. The zero-order valence-corrected chi connectivity index (χ0v) is 9.55. The van der Waals surface area contributed by atoms with E-state index >= 15 is 0 Å². The summed E-state index contributed by atoms with van der Waals surface area (Å²) in [4.78, 5) is 10.7. The van der Waals surface area contributed by atoms with E-state index in [9.17, 15) is 15.0 Å². The van der Waals surface area contributed by atoms with Gasteiger partial charge in [0.15, 0.2) is 0 Å². The van der Waals surface area contributed by atoms with Gasteiger partial charge in [-0.1, -0.05) is 6.92 Å². The van der Waals surface area contributed by atoms with Gasteiger partial charge in [0.05, 0.1) is 0 Å². The molecule has 0 spiro atoms. The van der Waals surface area contributed by atoms with Gasteiger partial charge in [0.25, 0.3) is 0 Å². The molecule has 5 heteroatoms. The van der Waals surface area contributed by atoms with E-state index in [-0.39, 0.29) is 29.6 Å². The second-order valence-corrected chi connectivity index (χ2v) is 4.00. The molecule has 0 heterocycles. The molecule has 1 rings (SSSR count). The van der Waals surface area contributed by atoms with Crippen LogP contribution in [0.1, 0.15) is 41.6 Å². The summed E-state index contributed by atoms with van der Waals surface area (Å²) in [5, 5.41) is 36.7. The van der Waals surface area contributed by atoms with Crippen molar-refractivity contribution in [2.45, 2.75) is 25.7 Å². The van der Waals surface area contributed by atoms with Gasteiger partial charge in [-0.3, -0.25) is 0 Å². The van der Waals surface area contributed by atoms with Crippen LogP contribution in [0.25, 0.3) is 0 Å². The topological polar surface area (TPSA) is 98.0 Å². The Kier molecular flexibility index (Phi) is 4.34. The summed E-state index contributed by atoms with van der Waals surface area (Å²) in [5.74, 6) is -1.85. The molecule has 1 unspecified atom stereocenters. The van der Waals surface area contributed by atoms with E-state index in [1.165, 1.54) is 6.07 Å². The van der Waals surface area contributed by atoms with Crippen molar-refractivity contribution in [3.05, 3.63) is 23.3 Å². The third-order valence-electron chi connectivity index (χ3n) is 2.70. The predicted molar refractivity (Wildman–Crippen MR) is 61.5 cm³/mol. The summed E-state index contributed by atoms with van der Waals surface area (Å²) in [6.45, 7) is 1.90. The quantitative estimate of drug-likeness (QED) is 0.587. The highest BCUT2D eigenvalue weighted by Crippen LogP contribution is 2.34. The first-order chi connectivity index (χ1) is 7.97. The van der Waals surface area contributed by atoms with Crippen molar-refractivity contribution in [3.63, 3.8) is 0 Å². The van der Waals surface area contributed by atoms with Crippen molar-refractivity contribution in [2.75, 3.05) is 6.61 Å². The Bertz CT molecular complexity index is 414. The third-order valence-corrected chi connectivity index (χ3v) is 2.70. The number of hydrogen-bond acceptors (Lipinski definition) is 4. The minimum absolute atomic E-state index is 0.0594. The highest BCUT2D eigenvalue weighted by molar-refractivity contribution is 5.91. The molecular weight excluding hydrogens is 224 g/mol. The normalized spacial score (nSPS) is 12.4. The lowest BCUT2D eigenvalue weighted by atomic mass is 9.94. The Labute approximate surface area is 99.0 Å². The second-order valence-electron chi connectivity index (χ2n) is 4.00. The van der Waals surface area contributed by atoms with Crippen molar-refractivity contribution in [1.82, 2.24) is 0 Å². The Balaban J connectivity index is 3.02. The summed E-state index contributed by atoms with van der Waals surface area (Å²) >= 11 is 0. The van der Waals surface area contributed by atoms with Gasteiger partial charge in [0.1, 0.15) is 17.1 Å². The molecule has 4 N–H and O–H groups in total. The Morgan fingerprint density at radius 3 is 2.47 bits per heavy atom. The molecule has 0 radical (unpaired) electrons. The smallest absolute Gasteiger partial charge is 0.339 e. The fraction of sp³-hybridized carbons (Fsp3) is 0.417. The Morgan fingerprint density at radius 2 is 1.94 bits per heavy atom. The van der Waals surface area contributed by atoms with Crippen molar-refractivity contribution >= 4 is 5.97 Å². The maximum Gasteiger partial charge on any atom is 0.339 e. The predicted octanol–water partition coefficient (Wildman–Crippen LogP) is 1.67. The molecule has 0 aliphatic rings. The van der Waals surface area contributed by atoms with Crippen LogP contribution in [0, 0.1) is 0 Å². The summed E-state index contributed by atoms with van der Waals surface area (Å²) in [5.41, 5.74) is 0.168. The molecule has 0 bridgehead atoms. The molecule has 0 aliphatic carbocycles. The molecule has 94 valence electrons. The minimum Gasteiger partial charge on any atom is -0.508 e. The molecule has 0 amide bonds. The van der Waals surface area contributed by atoms with Crippen LogP contribution >= 0.6 is 0 Å². The molecular formula is C12H16O5. The molecule has 0 fully saturated rings. The number of aromatic carboxylic acids is 1. The first-order valence-corrected chi connectivity index (χ1v) is 5.37. The average molecular weight is 240 g/mol. The van der Waals surface area contributed by atoms with Crippen LogP contribution in [-0.4, -0.2) is 33.0 Å². The number of phenolic OH excluding ortho intramolecular Hbond substituents is 1. The van der Waals surface area contributed by atoms with Crippen LogP contribution in [0.4, 0.5) is 0 Å². The lowest BCUT2D eigenvalue weighted by molar-refractivity contribution is 0.0693. The van der Waals surface area contributed by atoms with E-state index < -0.39 is 5.97 Å². The van der Waals surface area contributed by atoms with Crippen molar-refractivity contribution in [2.24, 2.45) is 0 Å². The Hall–Kier alpha value is -1.75. The van der Waals surface area contributed by atoms with Crippen LogP contribution in [-0.2, 0) is 0 Å². The first kappa shape index (κ1) is 13.3. The van der Waals surface area contributed by atoms with Crippen LogP contribution in [0.3, 0.4) is 0 Å². The number of carboxylic acids is 1. The van der Waals surface area contributed by atoms with E-state index in [0.717, 1.165) is 6.07 Å². The van der Waals surface area contributed by atoms with Crippen LogP contribution in [0.5, 0.6) is 11.5 Å². The number of phenols is 2. The number of hydrogen-bond donors (Lipinski definition) is 4. The standard InChI is InChI=1S/C12H16O5/c1-7(3-2-4-13)8-5-11(15)9(12(16)17)6-10(8)14/h5-7,13-15H,2-4H2,1H3,(H,16,17). The number of aliphatic hydroxyl groups is 1. The Morgan fingerprint density at radius 1 is 1.29 bits per heavy atom. The number of benzene rings is 1. The molecule has 0 aliphatic heterocycles.